The molecule has 1 saturated heterocycles. The fourth-order valence-electron chi connectivity index (χ4n) is 3.86. The summed E-state index contributed by atoms with van der Waals surface area (Å²) < 4.78 is 51.1. The van der Waals surface area contributed by atoms with Gasteiger partial charge in [0.15, 0.2) is 0 Å². The van der Waals surface area contributed by atoms with E-state index in [2.05, 4.69) is 0 Å². The largest absolute Gasteiger partial charge is 0.493 e. The van der Waals surface area contributed by atoms with Gasteiger partial charge in [-0.3, -0.25) is 9.69 Å². The van der Waals surface area contributed by atoms with Gasteiger partial charge in [0.2, 0.25) is 5.91 Å². The second-order valence-electron chi connectivity index (χ2n) is 8.25. The standard InChI is InChI=1S/C23H27F3N2O5/c1-4-7-16-18(9-8-15-17(23(24,25)26)12-20(30)33-21(15)16)32-11-6-5-10-27-19(29)13-28(14(2)3)22(27)31/h8-9,12,14H,4-7,10-11,13H2,1-3H3. The summed E-state index contributed by atoms with van der Waals surface area (Å²) in [6.07, 6.45) is -2.66. The van der Waals surface area contributed by atoms with Crippen LogP contribution in [0.15, 0.2) is 27.4 Å². The monoisotopic (exact) mass is 468 g/mol. The number of benzene rings is 1. The summed E-state index contributed by atoms with van der Waals surface area (Å²) in [4.78, 5) is 38.9. The van der Waals surface area contributed by atoms with Crippen LogP contribution in [0.4, 0.5) is 18.0 Å². The summed E-state index contributed by atoms with van der Waals surface area (Å²) >= 11 is 0. The van der Waals surface area contributed by atoms with Crippen LogP contribution in [-0.2, 0) is 17.4 Å². The highest BCUT2D eigenvalue weighted by atomic mass is 19.4. The average Bonchev–Trinajstić information content (AvgIpc) is 3.02. The Morgan fingerprint density at radius 3 is 2.48 bits per heavy atom. The van der Waals surface area contributed by atoms with E-state index >= 15 is 0 Å². The van der Waals surface area contributed by atoms with Gasteiger partial charge in [-0.05, 0) is 45.2 Å². The van der Waals surface area contributed by atoms with Crippen LogP contribution in [0.5, 0.6) is 5.75 Å². The Morgan fingerprint density at radius 2 is 1.88 bits per heavy atom. The molecule has 1 aromatic heterocycles. The molecule has 0 saturated carbocycles. The Kier molecular flexibility index (Phi) is 7.34. The summed E-state index contributed by atoms with van der Waals surface area (Å²) in [6.45, 7) is 6.14. The lowest BCUT2D eigenvalue weighted by Crippen LogP contribution is -2.37. The third-order valence-electron chi connectivity index (χ3n) is 5.52. The predicted molar refractivity (Wildman–Crippen MR) is 115 cm³/mol. The highest BCUT2D eigenvalue weighted by molar-refractivity contribution is 6.02. The number of ether oxygens (including phenoxy) is 1. The second kappa shape index (κ2) is 9.84. The Bertz CT molecular complexity index is 1090. The molecule has 2 heterocycles. The minimum Gasteiger partial charge on any atom is -0.493 e. The van der Waals surface area contributed by atoms with Gasteiger partial charge in [-0.15, -0.1) is 0 Å². The number of carbonyl (C=O) groups is 2. The van der Waals surface area contributed by atoms with Crippen LogP contribution < -0.4 is 10.4 Å². The fraction of sp³-hybridized carbons (Fsp3) is 0.522. The van der Waals surface area contributed by atoms with E-state index in [1.54, 1.807) is 0 Å². The molecule has 1 aromatic carbocycles. The zero-order valence-electron chi connectivity index (χ0n) is 18.8. The van der Waals surface area contributed by atoms with Crippen molar-refractivity contribution in [2.45, 2.75) is 58.7 Å². The van der Waals surface area contributed by atoms with Crippen LogP contribution in [0, 0.1) is 0 Å². The maximum atomic E-state index is 13.4. The molecule has 0 aliphatic carbocycles. The first-order chi connectivity index (χ1) is 15.5. The number of imide groups is 1. The van der Waals surface area contributed by atoms with E-state index in [0.29, 0.717) is 43.1 Å². The number of fused-ring (bicyclic) bond motifs is 1. The number of unbranched alkanes of at least 4 members (excludes halogenated alkanes) is 1. The van der Waals surface area contributed by atoms with Gasteiger partial charge < -0.3 is 14.1 Å². The first kappa shape index (κ1) is 24.6. The summed E-state index contributed by atoms with van der Waals surface area (Å²) in [5, 5.41) is -0.182. The van der Waals surface area contributed by atoms with Crippen molar-refractivity contribution in [3.63, 3.8) is 0 Å². The first-order valence-electron chi connectivity index (χ1n) is 10.9. The maximum Gasteiger partial charge on any atom is 0.417 e. The van der Waals surface area contributed by atoms with E-state index in [1.165, 1.54) is 21.9 Å². The topological polar surface area (TPSA) is 80.1 Å². The molecule has 0 unspecified atom stereocenters. The lowest BCUT2D eigenvalue weighted by atomic mass is 10.0. The summed E-state index contributed by atoms with van der Waals surface area (Å²) in [5.41, 5.74) is -1.81. The van der Waals surface area contributed by atoms with Crippen LogP contribution in [0.3, 0.4) is 0 Å². The van der Waals surface area contributed by atoms with Crippen molar-refractivity contribution < 1.29 is 31.9 Å². The molecule has 33 heavy (non-hydrogen) atoms. The Morgan fingerprint density at radius 1 is 1.15 bits per heavy atom. The normalized spacial score (nSPS) is 14.8. The number of carbonyl (C=O) groups excluding carboxylic acids is 2. The van der Waals surface area contributed by atoms with Crippen molar-refractivity contribution in [1.82, 2.24) is 9.80 Å². The number of alkyl halides is 3. The number of nitrogens with zero attached hydrogens (tertiary/aromatic N) is 2. The molecule has 3 amide bonds. The fourth-order valence-corrected chi connectivity index (χ4v) is 3.86. The van der Waals surface area contributed by atoms with Crippen LogP contribution in [0.1, 0.15) is 51.2 Å². The number of halogens is 3. The quantitative estimate of drug-likeness (QED) is 0.305. The molecule has 0 spiro atoms. The van der Waals surface area contributed by atoms with Gasteiger partial charge in [-0.25, -0.2) is 9.59 Å². The molecule has 2 aromatic rings. The van der Waals surface area contributed by atoms with E-state index in [-0.39, 0.29) is 48.6 Å². The van der Waals surface area contributed by atoms with Crippen molar-refractivity contribution in [3.8, 4) is 5.75 Å². The predicted octanol–water partition coefficient (Wildman–Crippen LogP) is 4.60. The SMILES string of the molecule is CCCc1c(OCCCCN2C(=O)CN(C(C)C)C2=O)ccc2c(C(F)(F)F)cc(=O)oc12. The van der Waals surface area contributed by atoms with Gasteiger partial charge in [0.05, 0.1) is 12.2 Å². The van der Waals surface area contributed by atoms with Crippen molar-refractivity contribution in [1.29, 1.82) is 0 Å². The van der Waals surface area contributed by atoms with E-state index in [1.807, 2.05) is 20.8 Å². The van der Waals surface area contributed by atoms with E-state index in [0.717, 1.165) is 0 Å². The van der Waals surface area contributed by atoms with Crippen molar-refractivity contribution in [2.24, 2.45) is 0 Å². The molecule has 1 aliphatic rings. The van der Waals surface area contributed by atoms with Gasteiger partial charge >= 0.3 is 17.8 Å². The van der Waals surface area contributed by atoms with E-state index in [4.69, 9.17) is 9.15 Å². The van der Waals surface area contributed by atoms with Crippen LogP contribution in [0.25, 0.3) is 11.0 Å². The second-order valence-corrected chi connectivity index (χ2v) is 8.25. The summed E-state index contributed by atoms with van der Waals surface area (Å²) in [6, 6.07) is 2.80. The van der Waals surface area contributed by atoms with Crippen LogP contribution in [-0.4, -0.2) is 47.5 Å². The third kappa shape index (κ3) is 5.31. The van der Waals surface area contributed by atoms with Gasteiger partial charge in [-0.2, -0.15) is 13.2 Å². The van der Waals surface area contributed by atoms with E-state index in [9.17, 15) is 27.6 Å². The van der Waals surface area contributed by atoms with Crippen molar-refractivity contribution >= 4 is 22.9 Å². The maximum absolute atomic E-state index is 13.4. The zero-order chi connectivity index (χ0) is 24.3. The summed E-state index contributed by atoms with van der Waals surface area (Å²) in [7, 11) is 0. The first-order valence-corrected chi connectivity index (χ1v) is 10.9. The molecule has 3 rings (SSSR count). The number of hydrogen-bond acceptors (Lipinski definition) is 5. The zero-order valence-corrected chi connectivity index (χ0v) is 18.8. The Hall–Kier alpha value is -3.04. The van der Waals surface area contributed by atoms with Crippen molar-refractivity contribution in [3.05, 3.63) is 39.7 Å². The number of hydrogen-bond donors (Lipinski definition) is 0. The number of amides is 3. The van der Waals surface area contributed by atoms with Gasteiger partial charge in [0, 0.05) is 29.6 Å². The molecule has 7 nitrogen and oxygen atoms in total. The lowest BCUT2D eigenvalue weighted by Gasteiger charge is -2.20. The molecular formula is C23H27F3N2O5. The number of aryl methyl sites for hydroxylation is 1. The Balaban J connectivity index is 1.70. The Labute approximate surface area is 189 Å². The molecule has 0 bridgehead atoms. The lowest BCUT2D eigenvalue weighted by molar-refractivity contribution is -0.136. The number of rotatable bonds is 9. The van der Waals surface area contributed by atoms with Gasteiger partial charge in [-0.1, -0.05) is 13.3 Å². The highest BCUT2D eigenvalue weighted by Gasteiger charge is 2.37. The van der Waals surface area contributed by atoms with E-state index < -0.39 is 17.4 Å². The molecule has 0 atom stereocenters. The highest BCUT2D eigenvalue weighted by Crippen LogP contribution is 2.37. The minimum absolute atomic E-state index is 0.0578. The van der Waals surface area contributed by atoms with Crippen LogP contribution >= 0.6 is 0 Å². The summed E-state index contributed by atoms with van der Waals surface area (Å²) in [5.74, 6) is 0.121. The third-order valence-corrected chi connectivity index (χ3v) is 5.52. The molecule has 1 aliphatic heterocycles. The number of urea groups is 1. The van der Waals surface area contributed by atoms with Gasteiger partial charge in [0.25, 0.3) is 0 Å². The molecule has 10 heteroatoms. The molecule has 180 valence electrons. The van der Waals surface area contributed by atoms with Crippen molar-refractivity contribution in [2.75, 3.05) is 19.7 Å². The molecule has 0 radical (unpaired) electrons. The average molecular weight is 468 g/mol. The molecular weight excluding hydrogens is 441 g/mol. The minimum atomic E-state index is -4.68. The van der Waals surface area contributed by atoms with Crippen LogP contribution in [0.2, 0.25) is 0 Å². The smallest absolute Gasteiger partial charge is 0.417 e. The molecule has 1 fully saturated rings. The van der Waals surface area contributed by atoms with Gasteiger partial charge in [0.1, 0.15) is 17.9 Å². The molecule has 0 N–H and O–H groups in total.